The third kappa shape index (κ3) is 2.85. The number of thiazole rings is 1. The minimum atomic E-state index is -0.612. The molecular formula is C20H17N5O3S. The topological polar surface area (TPSA) is 97.2 Å². The zero-order chi connectivity index (χ0) is 20.1. The molecule has 8 nitrogen and oxygen atoms in total. The standard InChI is InChI=1S/C20H17N5O3S/c1-24-9-22-17(18(24)15-7-21-10-29-15)11-2-3-13-12(6-11)8-25(20(13)28)14-4-5-16(26)23-19(14)27/h2-3,6-7,9-10,14H,4-5,8H2,1H3,(H,23,26,27)/t14-/m0/s1. The highest BCUT2D eigenvalue weighted by Gasteiger charge is 2.39. The number of benzene rings is 1. The first-order valence-electron chi connectivity index (χ1n) is 9.21. The first-order chi connectivity index (χ1) is 14.0. The second-order valence-electron chi connectivity index (χ2n) is 7.19. The molecule has 0 radical (unpaired) electrons. The number of hydrogen-bond acceptors (Lipinski definition) is 6. The molecular weight excluding hydrogens is 390 g/mol. The van der Waals surface area contributed by atoms with E-state index in [-0.39, 0.29) is 18.2 Å². The number of imidazole rings is 1. The molecule has 1 fully saturated rings. The molecule has 4 heterocycles. The number of aromatic nitrogens is 3. The third-order valence-electron chi connectivity index (χ3n) is 5.40. The summed E-state index contributed by atoms with van der Waals surface area (Å²) in [5, 5.41) is 2.33. The number of carbonyl (C=O) groups is 3. The summed E-state index contributed by atoms with van der Waals surface area (Å²) in [7, 11) is 1.94. The average Bonchev–Trinajstić information content (AvgIpc) is 3.41. The molecule has 0 unspecified atom stereocenters. The fourth-order valence-corrected chi connectivity index (χ4v) is 4.70. The van der Waals surface area contributed by atoms with E-state index in [1.54, 1.807) is 34.1 Å². The van der Waals surface area contributed by atoms with E-state index in [9.17, 15) is 14.4 Å². The molecule has 0 saturated carbocycles. The minimum absolute atomic E-state index is 0.176. The number of aryl methyl sites for hydroxylation is 1. The van der Waals surface area contributed by atoms with Crippen LogP contribution in [0.2, 0.25) is 0 Å². The first-order valence-corrected chi connectivity index (χ1v) is 10.1. The van der Waals surface area contributed by atoms with Crippen molar-refractivity contribution < 1.29 is 14.4 Å². The summed E-state index contributed by atoms with van der Waals surface area (Å²) in [4.78, 5) is 47.8. The zero-order valence-electron chi connectivity index (χ0n) is 15.6. The summed E-state index contributed by atoms with van der Waals surface area (Å²) < 4.78 is 1.96. The van der Waals surface area contributed by atoms with Crippen molar-refractivity contribution >= 4 is 29.1 Å². The number of fused-ring (bicyclic) bond motifs is 1. The van der Waals surface area contributed by atoms with Gasteiger partial charge in [0.2, 0.25) is 11.8 Å². The van der Waals surface area contributed by atoms with Gasteiger partial charge in [-0.05, 0) is 24.1 Å². The van der Waals surface area contributed by atoms with Gasteiger partial charge in [-0.25, -0.2) is 4.98 Å². The molecule has 3 amide bonds. The molecule has 1 N–H and O–H groups in total. The molecule has 1 aromatic carbocycles. The molecule has 0 bridgehead atoms. The first kappa shape index (κ1) is 17.7. The number of amides is 3. The van der Waals surface area contributed by atoms with Gasteiger partial charge in [-0.15, -0.1) is 11.3 Å². The second kappa shape index (κ2) is 6.63. The normalized spacial score (nSPS) is 18.9. The SMILES string of the molecule is Cn1cnc(-c2ccc3c(c2)CN([C@H]2CCC(=O)NC2=O)C3=O)c1-c1cncs1. The van der Waals surface area contributed by atoms with Gasteiger partial charge in [-0.1, -0.05) is 6.07 Å². The van der Waals surface area contributed by atoms with Gasteiger partial charge in [0.05, 0.1) is 28.1 Å². The second-order valence-corrected chi connectivity index (χ2v) is 8.08. The summed E-state index contributed by atoms with van der Waals surface area (Å²) in [6, 6.07) is 5.03. The number of piperidine rings is 1. The highest BCUT2D eigenvalue weighted by atomic mass is 32.1. The molecule has 3 aromatic rings. The molecule has 1 atom stereocenters. The van der Waals surface area contributed by atoms with Crippen LogP contribution in [0, 0.1) is 0 Å². The van der Waals surface area contributed by atoms with Crippen LogP contribution >= 0.6 is 11.3 Å². The van der Waals surface area contributed by atoms with Gasteiger partial charge in [-0.3, -0.25) is 24.7 Å². The molecule has 2 aromatic heterocycles. The van der Waals surface area contributed by atoms with Crippen molar-refractivity contribution in [2.24, 2.45) is 7.05 Å². The summed E-state index contributed by atoms with van der Waals surface area (Å²) >= 11 is 1.54. The molecule has 29 heavy (non-hydrogen) atoms. The van der Waals surface area contributed by atoms with Crippen LogP contribution in [-0.2, 0) is 23.2 Å². The van der Waals surface area contributed by atoms with Crippen molar-refractivity contribution in [1.29, 1.82) is 0 Å². The molecule has 1 saturated heterocycles. The van der Waals surface area contributed by atoms with E-state index in [2.05, 4.69) is 15.3 Å². The Labute approximate surface area is 170 Å². The number of rotatable bonds is 3. The Balaban J connectivity index is 1.49. The minimum Gasteiger partial charge on any atom is -0.333 e. The highest BCUT2D eigenvalue weighted by molar-refractivity contribution is 7.13. The molecule has 146 valence electrons. The van der Waals surface area contributed by atoms with Crippen molar-refractivity contribution in [2.45, 2.75) is 25.4 Å². The van der Waals surface area contributed by atoms with Crippen molar-refractivity contribution in [3.05, 3.63) is 47.4 Å². The van der Waals surface area contributed by atoms with Gasteiger partial charge in [-0.2, -0.15) is 0 Å². The maximum absolute atomic E-state index is 12.9. The van der Waals surface area contributed by atoms with Gasteiger partial charge in [0.25, 0.3) is 5.91 Å². The van der Waals surface area contributed by atoms with E-state index in [0.29, 0.717) is 18.5 Å². The van der Waals surface area contributed by atoms with E-state index < -0.39 is 11.9 Å². The van der Waals surface area contributed by atoms with Crippen LogP contribution in [0.3, 0.4) is 0 Å². The molecule has 0 spiro atoms. The lowest BCUT2D eigenvalue weighted by Gasteiger charge is -2.29. The van der Waals surface area contributed by atoms with Crippen molar-refractivity contribution in [3.8, 4) is 21.8 Å². The van der Waals surface area contributed by atoms with Crippen LogP contribution in [0.4, 0.5) is 0 Å². The number of nitrogens with one attached hydrogen (secondary N) is 1. The Morgan fingerprint density at radius 1 is 1.24 bits per heavy atom. The van der Waals surface area contributed by atoms with E-state index >= 15 is 0 Å². The van der Waals surface area contributed by atoms with Crippen LogP contribution in [0.1, 0.15) is 28.8 Å². The summed E-state index contributed by atoms with van der Waals surface area (Å²) in [6.07, 6.45) is 4.17. The number of nitrogens with zero attached hydrogens (tertiary/aromatic N) is 4. The van der Waals surface area contributed by atoms with Gasteiger partial charge < -0.3 is 9.47 Å². The average molecular weight is 407 g/mol. The van der Waals surface area contributed by atoms with Crippen LogP contribution in [0.15, 0.2) is 36.2 Å². The van der Waals surface area contributed by atoms with Crippen molar-refractivity contribution in [1.82, 2.24) is 24.8 Å². The molecule has 5 rings (SSSR count). The summed E-state index contributed by atoms with van der Waals surface area (Å²) in [5.41, 5.74) is 5.94. The van der Waals surface area contributed by atoms with E-state index in [0.717, 1.165) is 27.4 Å². The van der Waals surface area contributed by atoms with Gasteiger partial charge in [0, 0.05) is 37.3 Å². The Kier molecular flexibility index (Phi) is 4.06. The maximum Gasteiger partial charge on any atom is 0.255 e. The van der Waals surface area contributed by atoms with Gasteiger partial charge in [0.15, 0.2) is 0 Å². The van der Waals surface area contributed by atoms with E-state index in [1.807, 2.05) is 29.9 Å². The lowest BCUT2D eigenvalue weighted by atomic mass is 10.0. The Hall–Kier alpha value is -3.33. The number of imide groups is 1. The van der Waals surface area contributed by atoms with Gasteiger partial charge >= 0.3 is 0 Å². The van der Waals surface area contributed by atoms with Crippen LogP contribution < -0.4 is 5.32 Å². The highest BCUT2D eigenvalue weighted by Crippen LogP contribution is 2.35. The molecule has 2 aliphatic heterocycles. The van der Waals surface area contributed by atoms with Gasteiger partial charge in [0.1, 0.15) is 6.04 Å². The fraction of sp³-hybridized carbons (Fsp3) is 0.250. The van der Waals surface area contributed by atoms with Crippen LogP contribution in [0.25, 0.3) is 21.8 Å². The molecule has 2 aliphatic rings. The predicted octanol–water partition coefficient (Wildman–Crippen LogP) is 1.97. The maximum atomic E-state index is 12.9. The van der Waals surface area contributed by atoms with Crippen molar-refractivity contribution in [2.75, 3.05) is 0 Å². The van der Waals surface area contributed by atoms with E-state index in [1.165, 1.54) is 0 Å². The fourth-order valence-electron chi connectivity index (χ4n) is 3.99. The smallest absolute Gasteiger partial charge is 0.255 e. The van der Waals surface area contributed by atoms with Crippen LogP contribution in [0.5, 0.6) is 0 Å². The Morgan fingerprint density at radius 2 is 2.10 bits per heavy atom. The van der Waals surface area contributed by atoms with E-state index in [4.69, 9.17) is 0 Å². The number of hydrogen-bond donors (Lipinski definition) is 1. The quantitative estimate of drug-likeness (QED) is 0.670. The lowest BCUT2D eigenvalue weighted by molar-refractivity contribution is -0.136. The Morgan fingerprint density at radius 3 is 2.86 bits per heavy atom. The molecule has 9 heteroatoms. The number of carbonyl (C=O) groups excluding carboxylic acids is 3. The van der Waals surface area contributed by atoms with Crippen molar-refractivity contribution in [3.63, 3.8) is 0 Å². The lowest BCUT2D eigenvalue weighted by Crippen LogP contribution is -2.52. The largest absolute Gasteiger partial charge is 0.333 e. The Bertz CT molecular complexity index is 1150. The predicted molar refractivity (Wildman–Crippen MR) is 106 cm³/mol. The third-order valence-corrected chi connectivity index (χ3v) is 6.18. The summed E-state index contributed by atoms with van der Waals surface area (Å²) in [5.74, 6) is -0.868. The molecule has 0 aliphatic carbocycles. The summed E-state index contributed by atoms with van der Waals surface area (Å²) in [6.45, 7) is 0.344. The van der Waals surface area contributed by atoms with Crippen LogP contribution in [-0.4, -0.2) is 43.2 Å². The monoisotopic (exact) mass is 407 g/mol. The zero-order valence-corrected chi connectivity index (χ0v) is 16.4.